The smallest absolute Gasteiger partial charge is 0.477 e. The Labute approximate surface area is 166 Å². The summed E-state index contributed by atoms with van der Waals surface area (Å²) >= 11 is 0. The Morgan fingerprint density at radius 1 is 1.38 bits per heavy atom. The monoisotopic (exact) mass is 418 g/mol. The van der Waals surface area contributed by atoms with Crippen LogP contribution in [0.4, 0.5) is 13.2 Å². The van der Waals surface area contributed by atoms with Gasteiger partial charge in [-0.25, -0.2) is 9.78 Å². The molecule has 0 bridgehead atoms. The molecule has 1 amide bonds. The van der Waals surface area contributed by atoms with Crippen LogP contribution in [-0.4, -0.2) is 66.0 Å². The van der Waals surface area contributed by atoms with Gasteiger partial charge < -0.3 is 19.5 Å². The second-order valence-electron chi connectivity index (χ2n) is 7.12. The SMILES string of the molecule is CCOCC(=O)N1C[C@H]2CCC[C@@]2(COc2ccccn2)C1.O=C(O)C(F)(F)F. The number of ether oxygens (including phenoxy) is 2. The molecule has 0 radical (unpaired) electrons. The minimum absolute atomic E-state index is 0.0966. The molecule has 2 fully saturated rings. The fourth-order valence-electron chi connectivity index (χ4n) is 3.77. The van der Waals surface area contributed by atoms with Gasteiger partial charge in [0, 0.05) is 37.4 Å². The summed E-state index contributed by atoms with van der Waals surface area (Å²) in [5.41, 5.74) is 0.0966. The van der Waals surface area contributed by atoms with Crippen molar-refractivity contribution in [3.63, 3.8) is 0 Å². The number of carbonyl (C=O) groups is 2. The minimum atomic E-state index is -5.08. The molecular formula is C19H25F3N2O5. The molecule has 0 aromatic carbocycles. The van der Waals surface area contributed by atoms with E-state index in [4.69, 9.17) is 19.4 Å². The second kappa shape index (κ2) is 9.91. The summed E-state index contributed by atoms with van der Waals surface area (Å²) in [5, 5.41) is 7.12. The molecule has 1 aromatic heterocycles. The van der Waals surface area contributed by atoms with E-state index in [0.29, 0.717) is 25.0 Å². The zero-order valence-corrected chi connectivity index (χ0v) is 16.2. The Morgan fingerprint density at radius 3 is 2.69 bits per heavy atom. The summed E-state index contributed by atoms with van der Waals surface area (Å²) in [5.74, 6) is -1.44. The lowest BCUT2D eigenvalue weighted by molar-refractivity contribution is -0.192. The first-order valence-electron chi connectivity index (χ1n) is 9.37. The number of pyridine rings is 1. The van der Waals surface area contributed by atoms with Crippen LogP contribution >= 0.6 is 0 Å². The zero-order chi connectivity index (χ0) is 21.5. The van der Waals surface area contributed by atoms with E-state index in [1.165, 1.54) is 12.8 Å². The molecular weight excluding hydrogens is 393 g/mol. The molecule has 1 aliphatic carbocycles. The van der Waals surface area contributed by atoms with Gasteiger partial charge in [-0.15, -0.1) is 0 Å². The molecule has 162 valence electrons. The number of carboxylic acids is 1. The number of aliphatic carboxylic acids is 1. The largest absolute Gasteiger partial charge is 0.490 e. The minimum Gasteiger partial charge on any atom is -0.477 e. The maximum absolute atomic E-state index is 12.2. The predicted octanol–water partition coefficient (Wildman–Crippen LogP) is 2.76. The van der Waals surface area contributed by atoms with Crippen molar-refractivity contribution in [2.75, 3.05) is 32.9 Å². The summed E-state index contributed by atoms with van der Waals surface area (Å²) in [6.07, 6.45) is 0.197. The van der Waals surface area contributed by atoms with Gasteiger partial charge in [0.2, 0.25) is 11.8 Å². The molecule has 2 atom stereocenters. The maximum atomic E-state index is 12.2. The number of nitrogens with zero attached hydrogens (tertiary/aromatic N) is 2. The zero-order valence-electron chi connectivity index (χ0n) is 16.2. The average Bonchev–Trinajstić information content (AvgIpc) is 3.22. The first-order chi connectivity index (χ1) is 13.7. The van der Waals surface area contributed by atoms with Crippen LogP contribution < -0.4 is 4.74 Å². The van der Waals surface area contributed by atoms with E-state index in [-0.39, 0.29) is 17.9 Å². The molecule has 0 unspecified atom stereocenters. The molecule has 1 saturated carbocycles. The van der Waals surface area contributed by atoms with Gasteiger partial charge in [-0.3, -0.25) is 4.79 Å². The lowest BCUT2D eigenvalue weighted by atomic mass is 9.82. The van der Waals surface area contributed by atoms with Crippen molar-refractivity contribution in [1.29, 1.82) is 0 Å². The number of hydrogen-bond acceptors (Lipinski definition) is 5. The van der Waals surface area contributed by atoms with Crippen LogP contribution in [0.1, 0.15) is 26.2 Å². The van der Waals surface area contributed by atoms with Crippen molar-refractivity contribution in [3.8, 4) is 5.88 Å². The first kappa shape index (κ1) is 22.9. The number of carbonyl (C=O) groups excluding carboxylic acids is 1. The highest BCUT2D eigenvalue weighted by Crippen LogP contribution is 2.48. The fourth-order valence-corrected chi connectivity index (χ4v) is 3.77. The quantitative estimate of drug-likeness (QED) is 0.764. The van der Waals surface area contributed by atoms with Crippen LogP contribution in [0.2, 0.25) is 0 Å². The van der Waals surface area contributed by atoms with E-state index in [9.17, 15) is 18.0 Å². The number of rotatable bonds is 6. The number of likely N-dealkylation sites (tertiary alicyclic amines) is 1. The number of hydrogen-bond donors (Lipinski definition) is 1. The molecule has 2 heterocycles. The molecule has 10 heteroatoms. The van der Waals surface area contributed by atoms with E-state index < -0.39 is 12.1 Å². The van der Waals surface area contributed by atoms with Gasteiger partial charge in [-0.1, -0.05) is 12.5 Å². The number of halogens is 3. The van der Waals surface area contributed by atoms with Crippen LogP contribution in [0.25, 0.3) is 0 Å². The number of carboxylic acid groups (broad SMARTS) is 1. The summed E-state index contributed by atoms with van der Waals surface area (Å²) in [6, 6.07) is 5.69. The standard InChI is InChI=1S/C17H24N2O3.C2HF3O2/c1-2-21-11-16(20)19-10-14-6-5-8-17(14,12-19)13-22-15-7-3-4-9-18-15;3-2(4,5)1(6)7/h3-4,7,9,14H,2,5-6,8,10-13H2,1H3;(H,6,7)/t14-,17+;/m1./s1. The van der Waals surface area contributed by atoms with Crippen molar-refractivity contribution in [2.45, 2.75) is 32.4 Å². The maximum Gasteiger partial charge on any atom is 0.490 e. The van der Waals surface area contributed by atoms with Crippen molar-refractivity contribution in [1.82, 2.24) is 9.88 Å². The highest BCUT2D eigenvalue weighted by molar-refractivity contribution is 5.78. The average molecular weight is 418 g/mol. The Balaban J connectivity index is 0.000000370. The van der Waals surface area contributed by atoms with Gasteiger partial charge in [0.05, 0.1) is 6.61 Å². The fraction of sp³-hybridized carbons (Fsp3) is 0.632. The van der Waals surface area contributed by atoms with Crippen molar-refractivity contribution < 1.29 is 37.3 Å². The summed E-state index contributed by atoms with van der Waals surface area (Å²) in [4.78, 5) is 27.3. The molecule has 29 heavy (non-hydrogen) atoms. The third-order valence-electron chi connectivity index (χ3n) is 5.21. The first-order valence-corrected chi connectivity index (χ1v) is 9.37. The Hall–Kier alpha value is -2.36. The molecule has 3 rings (SSSR count). The molecule has 1 N–H and O–H groups in total. The lowest BCUT2D eigenvalue weighted by Gasteiger charge is -2.28. The second-order valence-corrected chi connectivity index (χ2v) is 7.12. The van der Waals surface area contributed by atoms with Gasteiger partial charge in [-0.05, 0) is 31.7 Å². The molecule has 7 nitrogen and oxygen atoms in total. The number of fused-ring (bicyclic) bond motifs is 1. The number of aromatic nitrogens is 1. The highest BCUT2D eigenvalue weighted by Gasteiger charge is 2.51. The van der Waals surface area contributed by atoms with Crippen LogP contribution in [0.5, 0.6) is 5.88 Å². The van der Waals surface area contributed by atoms with E-state index in [2.05, 4.69) is 4.98 Å². The molecule has 2 aliphatic rings. The van der Waals surface area contributed by atoms with Crippen molar-refractivity contribution >= 4 is 11.9 Å². The molecule has 1 aliphatic heterocycles. The third kappa shape index (κ3) is 6.31. The van der Waals surface area contributed by atoms with Crippen LogP contribution in [0.15, 0.2) is 24.4 Å². The molecule has 0 spiro atoms. The summed E-state index contributed by atoms with van der Waals surface area (Å²) < 4.78 is 42.9. The van der Waals surface area contributed by atoms with E-state index >= 15 is 0 Å². The van der Waals surface area contributed by atoms with Gasteiger partial charge in [0.1, 0.15) is 6.61 Å². The van der Waals surface area contributed by atoms with Crippen molar-refractivity contribution in [2.24, 2.45) is 11.3 Å². The Morgan fingerprint density at radius 2 is 2.10 bits per heavy atom. The van der Waals surface area contributed by atoms with Gasteiger partial charge in [0.25, 0.3) is 0 Å². The summed E-state index contributed by atoms with van der Waals surface area (Å²) in [7, 11) is 0. The predicted molar refractivity (Wildman–Crippen MR) is 96.3 cm³/mol. The molecule has 1 saturated heterocycles. The lowest BCUT2D eigenvalue weighted by Crippen LogP contribution is -2.37. The van der Waals surface area contributed by atoms with Gasteiger partial charge in [0.15, 0.2) is 0 Å². The number of amides is 1. The van der Waals surface area contributed by atoms with Crippen LogP contribution in [0.3, 0.4) is 0 Å². The van der Waals surface area contributed by atoms with Crippen molar-refractivity contribution in [3.05, 3.63) is 24.4 Å². The topological polar surface area (TPSA) is 89.0 Å². The van der Waals surface area contributed by atoms with Gasteiger partial charge >= 0.3 is 12.1 Å². The molecule has 1 aromatic rings. The van der Waals surface area contributed by atoms with Crippen LogP contribution in [-0.2, 0) is 14.3 Å². The van der Waals surface area contributed by atoms with Crippen LogP contribution in [0, 0.1) is 11.3 Å². The highest BCUT2D eigenvalue weighted by atomic mass is 19.4. The van der Waals surface area contributed by atoms with E-state index in [1.54, 1.807) is 6.20 Å². The van der Waals surface area contributed by atoms with E-state index in [1.807, 2.05) is 30.0 Å². The Bertz CT molecular complexity index is 686. The van der Waals surface area contributed by atoms with E-state index in [0.717, 1.165) is 19.5 Å². The third-order valence-corrected chi connectivity index (χ3v) is 5.21. The normalized spacial score (nSPS) is 23.2. The van der Waals surface area contributed by atoms with Gasteiger partial charge in [-0.2, -0.15) is 13.2 Å². The number of alkyl halides is 3. The Kier molecular flexibility index (Phi) is 7.83. The summed E-state index contributed by atoms with van der Waals surface area (Å²) in [6.45, 7) is 4.96.